The highest BCUT2D eigenvalue weighted by molar-refractivity contribution is 6.13. The zero-order chi connectivity index (χ0) is 37.8. The highest BCUT2D eigenvalue weighted by Gasteiger charge is 2.45. The lowest BCUT2D eigenvalue weighted by atomic mass is 9.59. The van der Waals surface area contributed by atoms with Gasteiger partial charge in [-0.3, -0.25) is 0 Å². The summed E-state index contributed by atoms with van der Waals surface area (Å²) in [6.45, 7) is 9.81. The number of hydrogen-bond donors (Lipinski definition) is 0. The summed E-state index contributed by atoms with van der Waals surface area (Å²) in [4.78, 5) is 0. The van der Waals surface area contributed by atoms with Gasteiger partial charge in [0.05, 0.1) is 22.1 Å². The second-order valence-electron chi connectivity index (χ2n) is 16.6. The van der Waals surface area contributed by atoms with E-state index >= 15 is 0 Å². The van der Waals surface area contributed by atoms with E-state index in [-0.39, 0.29) is 10.8 Å². The second kappa shape index (κ2) is 11.9. The maximum absolute atomic E-state index is 2.54. The van der Waals surface area contributed by atoms with Crippen LogP contribution in [0.25, 0.3) is 77.2 Å². The van der Waals surface area contributed by atoms with Crippen LogP contribution >= 0.6 is 0 Å². The van der Waals surface area contributed by atoms with Crippen molar-refractivity contribution in [3.05, 3.63) is 204 Å². The lowest BCUT2D eigenvalue weighted by Crippen LogP contribution is -2.37. The van der Waals surface area contributed by atoms with Crippen molar-refractivity contribution in [2.24, 2.45) is 0 Å². The van der Waals surface area contributed by atoms with E-state index in [0.717, 1.165) is 0 Å². The van der Waals surface area contributed by atoms with Gasteiger partial charge in [-0.05, 0) is 80.9 Å². The fourth-order valence-corrected chi connectivity index (χ4v) is 10.1. The molecule has 2 aromatic heterocycles. The molecule has 2 heteroatoms. The van der Waals surface area contributed by atoms with Gasteiger partial charge in [0, 0.05) is 43.7 Å². The molecular formula is C54H42N2. The molecule has 2 nitrogen and oxygen atoms in total. The Kier molecular flexibility index (Phi) is 6.98. The molecule has 2 heterocycles. The van der Waals surface area contributed by atoms with Crippen LogP contribution in [0.1, 0.15) is 49.9 Å². The van der Waals surface area contributed by atoms with Gasteiger partial charge in [0.25, 0.3) is 0 Å². The molecule has 0 N–H and O–H groups in total. The molecule has 11 rings (SSSR count). The third kappa shape index (κ3) is 4.56. The van der Waals surface area contributed by atoms with Gasteiger partial charge >= 0.3 is 0 Å². The minimum atomic E-state index is -0.310. The van der Waals surface area contributed by atoms with Crippen LogP contribution in [0, 0.1) is 0 Å². The van der Waals surface area contributed by atoms with Crippen molar-refractivity contribution in [1.82, 2.24) is 9.13 Å². The van der Waals surface area contributed by atoms with Crippen LogP contribution in [0.2, 0.25) is 0 Å². The first-order chi connectivity index (χ1) is 27.3. The number of aromatic nitrogens is 2. The summed E-state index contributed by atoms with van der Waals surface area (Å²) in [6.07, 6.45) is 0. The summed E-state index contributed by atoms with van der Waals surface area (Å²) in [6, 6.07) is 67.2. The Morgan fingerprint density at radius 3 is 1.29 bits per heavy atom. The zero-order valence-electron chi connectivity index (χ0n) is 32.2. The molecule has 8 aromatic carbocycles. The summed E-state index contributed by atoms with van der Waals surface area (Å²) in [5.41, 5.74) is 17.3. The Balaban J connectivity index is 1.20. The smallest absolute Gasteiger partial charge is 0.0585 e. The molecule has 0 amide bonds. The Labute approximate surface area is 327 Å². The van der Waals surface area contributed by atoms with Crippen LogP contribution in [0.5, 0.6) is 0 Å². The topological polar surface area (TPSA) is 9.86 Å². The minimum absolute atomic E-state index is 0.308. The van der Waals surface area contributed by atoms with E-state index in [1.54, 1.807) is 0 Å². The summed E-state index contributed by atoms with van der Waals surface area (Å²) in [5.74, 6) is 0. The van der Waals surface area contributed by atoms with E-state index in [2.05, 4.69) is 219 Å². The molecule has 1 aliphatic rings. The van der Waals surface area contributed by atoms with Gasteiger partial charge < -0.3 is 9.13 Å². The first-order valence-corrected chi connectivity index (χ1v) is 19.8. The molecule has 1 aliphatic carbocycles. The number of para-hydroxylation sites is 2. The van der Waals surface area contributed by atoms with Crippen LogP contribution < -0.4 is 0 Å². The number of benzene rings is 8. The van der Waals surface area contributed by atoms with Gasteiger partial charge in [-0.25, -0.2) is 0 Å². The van der Waals surface area contributed by atoms with Crippen molar-refractivity contribution in [1.29, 1.82) is 0 Å². The Bertz CT molecular complexity index is 3160. The van der Waals surface area contributed by atoms with Crippen LogP contribution in [-0.2, 0) is 10.8 Å². The van der Waals surface area contributed by atoms with E-state index in [0.29, 0.717) is 0 Å². The molecule has 0 fully saturated rings. The molecule has 268 valence electrons. The van der Waals surface area contributed by atoms with Crippen LogP contribution in [0.4, 0.5) is 0 Å². The number of nitrogens with zero attached hydrogens (tertiary/aromatic N) is 2. The molecule has 0 atom stereocenters. The largest absolute Gasteiger partial charge is 0.309 e. The quantitative estimate of drug-likeness (QED) is 0.171. The summed E-state index contributed by atoms with van der Waals surface area (Å²) < 4.78 is 5.08. The van der Waals surface area contributed by atoms with Crippen LogP contribution in [-0.4, -0.2) is 9.13 Å². The highest BCUT2D eigenvalue weighted by atomic mass is 15.0. The molecule has 0 saturated carbocycles. The summed E-state index contributed by atoms with van der Waals surface area (Å²) in [5, 5.41) is 5.16. The number of rotatable bonds is 4. The standard InChI is InChI=1S/C54H42N2/c1-53(2)46-33-31-44-42-23-12-14-25-48(42)56(40-21-15-20-38(34-40)36-18-9-6-10-19-36)52(44)50(46)54(3,4)45-32-30-43-41-22-11-13-24-47(41)55(51(43)49(45)53)39-28-26-37(27-29-39)35-16-7-5-8-17-35/h5-34H,1-4H3. The molecule has 0 unspecified atom stereocenters. The number of fused-ring (bicyclic) bond motifs is 10. The molecule has 56 heavy (non-hydrogen) atoms. The first-order valence-electron chi connectivity index (χ1n) is 19.8. The van der Waals surface area contributed by atoms with Gasteiger partial charge in [0.1, 0.15) is 0 Å². The van der Waals surface area contributed by atoms with E-state index < -0.39 is 0 Å². The maximum Gasteiger partial charge on any atom is 0.0585 e. The molecule has 0 aliphatic heterocycles. The van der Waals surface area contributed by atoms with Crippen LogP contribution in [0.15, 0.2) is 182 Å². The van der Waals surface area contributed by atoms with E-state index in [1.165, 1.54) is 99.5 Å². The Hall–Kier alpha value is -6.64. The van der Waals surface area contributed by atoms with Gasteiger partial charge in [0.2, 0.25) is 0 Å². The molecule has 10 aromatic rings. The maximum atomic E-state index is 2.54. The molecule has 0 radical (unpaired) electrons. The summed E-state index contributed by atoms with van der Waals surface area (Å²) in [7, 11) is 0. The van der Waals surface area contributed by atoms with Crippen molar-refractivity contribution < 1.29 is 0 Å². The van der Waals surface area contributed by atoms with Gasteiger partial charge in [0.15, 0.2) is 0 Å². The second-order valence-corrected chi connectivity index (χ2v) is 16.6. The highest BCUT2D eigenvalue weighted by Crippen LogP contribution is 2.56. The predicted molar refractivity (Wildman–Crippen MR) is 237 cm³/mol. The van der Waals surface area contributed by atoms with E-state index in [9.17, 15) is 0 Å². The third-order valence-electron chi connectivity index (χ3n) is 12.7. The summed E-state index contributed by atoms with van der Waals surface area (Å²) >= 11 is 0. The van der Waals surface area contributed by atoms with Crippen molar-refractivity contribution in [3.63, 3.8) is 0 Å². The number of hydrogen-bond acceptors (Lipinski definition) is 0. The van der Waals surface area contributed by atoms with Crippen molar-refractivity contribution in [3.8, 4) is 33.6 Å². The van der Waals surface area contributed by atoms with Crippen LogP contribution in [0.3, 0.4) is 0 Å². The van der Waals surface area contributed by atoms with Gasteiger partial charge in [-0.15, -0.1) is 0 Å². The van der Waals surface area contributed by atoms with Crippen molar-refractivity contribution in [2.75, 3.05) is 0 Å². The Morgan fingerprint density at radius 1 is 0.321 bits per heavy atom. The monoisotopic (exact) mass is 718 g/mol. The lowest BCUT2D eigenvalue weighted by molar-refractivity contribution is 0.527. The predicted octanol–water partition coefficient (Wildman–Crippen LogP) is 14.2. The van der Waals surface area contributed by atoms with Gasteiger partial charge in [-0.1, -0.05) is 173 Å². The van der Waals surface area contributed by atoms with Crippen molar-refractivity contribution >= 4 is 43.6 Å². The fourth-order valence-electron chi connectivity index (χ4n) is 10.1. The third-order valence-corrected chi connectivity index (χ3v) is 12.7. The first kappa shape index (κ1) is 32.8. The van der Waals surface area contributed by atoms with Crippen molar-refractivity contribution in [2.45, 2.75) is 38.5 Å². The average Bonchev–Trinajstić information content (AvgIpc) is 3.76. The SMILES string of the molecule is CC1(C)c2ccc3c4ccccc4n(-c4cccc(-c5ccccc5)c4)c3c2C(C)(C)c2ccc3c4ccccc4n(-c4ccc(-c5ccccc5)cc4)c3c21. The lowest BCUT2D eigenvalue weighted by Gasteiger charge is -2.45. The molecular weight excluding hydrogens is 677 g/mol. The minimum Gasteiger partial charge on any atom is -0.309 e. The average molecular weight is 719 g/mol. The normalized spacial score (nSPS) is 14.4. The molecule has 0 saturated heterocycles. The molecule has 0 spiro atoms. The van der Waals surface area contributed by atoms with E-state index in [1.807, 2.05) is 0 Å². The fraction of sp³-hybridized carbons (Fsp3) is 0.111. The Morgan fingerprint density at radius 2 is 0.750 bits per heavy atom. The molecule has 0 bridgehead atoms. The van der Waals surface area contributed by atoms with E-state index in [4.69, 9.17) is 0 Å². The van der Waals surface area contributed by atoms with Gasteiger partial charge in [-0.2, -0.15) is 0 Å². The zero-order valence-corrected chi connectivity index (χ0v) is 32.2.